The van der Waals surface area contributed by atoms with E-state index in [-0.39, 0.29) is 39.9 Å². The molecule has 0 atom stereocenters. The van der Waals surface area contributed by atoms with Gasteiger partial charge in [-0.25, -0.2) is 0 Å². The number of hydrogen-bond donors (Lipinski definition) is 3. The van der Waals surface area contributed by atoms with Gasteiger partial charge in [0.15, 0.2) is 5.78 Å². The van der Waals surface area contributed by atoms with Crippen molar-refractivity contribution in [1.29, 1.82) is 0 Å². The van der Waals surface area contributed by atoms with Gasteiger partial charge in [0.05, 0.1) is 16.1 Å². The maximum atomic E-state index is 12.0. The van der Waals surface area contributed by atoms with Gasteiger partial charge in [0.2, 0.25) is 0 Å². The summed E-state index contributed by atoms with van der Waals surface area (Å²) in [5.41, 5.74) is 10.7. The van der Waals surface area contributed by atoms with Crippen LogP contribution in [0.15, 0.2) is 0 Å². The fourth-order valence-corrected chi connectivity index (χ4v) is 2.61. The Bertz CT molecular complexity index is 526. The third-order valence-corrected chi connectivity index (χ3v) is 3.70. The Labute approximate surface area is 117 Å². The number of nitrogens with two attached hydrogens (primary N) is 2. The monoisotopic (exact) mass is 309 g/mol. The van der Waals surface area contributed by atoms with Crippen LogP contribution in [-0.2, 0) is 0 Å². The molecule has 0 aliphatic heterocycles. The van der Waals surface area contributed by atoms with E-state index in [1.165, 1.54) is 6.92 Å². The number of thiophene rings is 1. The number of nitrogen functional groups attached to an aromatic ring is 1. The molecule has 1 aromatic rings. The molecule has 0 aromatic carbocycles. The smallest absolute Gasteiger partial charge is 0.389 e. The highest BCUT2D eigenvalue weighted by molar-refractivity contribution is 7.19. The molecule has 0 fully saturated rings. The first-order valence-electron chi connectivity index (χ1n) is 5.67. The van der Waals surface area contributed by atoms with E-state index in [9.17, 15) is 22.8 Å². The number of carbonyl (C=O) groups is 2. The highest BCUT2D eigenvalue weighted by Gasteiger charge is 2.26. The van der Waals surface area contributed by atoms with E-state index >= 15 is 0 Å². The molecule has 0 radical (unpaired) electrons. The molecule has 1 aromatic heterocycles. The predicted octanol–water partition coefficient (Wildman–Crippen LogP) is 2.39. The summed E-state index contributed by atoms with van der Waals surface area (Å²) in [6.45, 7) is 1.28. The minimum absolute atomic E-state index is 0.00289. The summed E-state index contributed by atoms with van der Waals surface area (Å²) >= 11 is 0.913. The van der Waals surface area contributed by atoms with Crippen molar-refractivity contribution in [2.24, 2.45) is 5.73 Å². The van der Waals surface area contributed by atoms with Gasteiger partial charge in [-0.05, 0) is 6.42 Å². The molecule has 5 nitrogen and oxygen atoms in total. The Balaban J connectivity index is 2.82. The summed E-state index contributed by atoms with van der Waals surface area (Å²) in [6, 6.07) is 0. The molecule has 0 unspecified atom stereocenters. The molecule has 0 spiro atoms. The van der Waals surface area contributed by atoms with Crippen LogP contribution in [0.25, 0.3) is 0 Å². The van der Waals surface area contributed by atoms with Crippen molar-refractivity contribution in [3.63, 3.8) is 0 Å². The number of anilines is 2. The first-order valence-corrected chi connectivity index (χ1v) is 6.48. The number of hydrogen-bond acceptors (Lipinski definition) is 5. The maximum Gasteiger partial charge on any atom is 0.389 e. The number of amides is 1. The quantitative estimate of drug-likeness (QED) is 0.555. The second-order valence-electron chi connectivity index (χ2n) is 4.11. The number of nitrogens with one attached hydrogen (secondary N) is 1. The Morgan fingerprint density at radius 1 is 1.35 bits per heavy atom. The van der Waals surface area contributed by atoms with Crippen LogP contribution in [0.5, 0.6) is 0 Å². The number of halogens is 3. The number of alkyl halides is 3. The standard InChI is InChI=1S/C11H14F3N3O2S/c1-5(18)8-7(15)6(9(16)19)10(20-8)17-4-2-3-11(12,13)14/h17H,2-4,15H2,1H3,(H2,16,19). The molecule has 0 saturated carbocycles. The Morgan fingerprint density at radius 3 is 2.40 bits per heavy atom. The number of carbonyl (C=O) groups excluding carboxylic acids is 2. The zero-order valence-corrected chi connectivity index (χ0v) is 11.5. The minimum atomic E-state index is -4.23. The van der Waals surface area contributed by atoms with Crippen LogP contribution in [-0.4, -0.2) is 24.4 Å². The van der Waals surface area contributed by atoms with Crippen molar-refractivity contribution >= 4 is 33.7 Å². The highest BCUT2D eigenvalue weighted by atomic mass is 32.1. The third-order valence-electron chi connectivity index (χ3n) is 2.43. The molecule has 1 heterocycles. The largest absolute Gasteiger partial charge is 0.397 e. The van der Waals surface area contributed by atoms with Crippen LogP contribution in [0.4, 0.5) is 23.9 Å². The van der Waals surface area contributed by atoms with Gasteiger partial charge in [0, 0.05) is 19.9 Å². The number of primary amides is 1. The molecule has 0 bridgehead atoms. The Kier molecular flexibility index (Phi) is 4.98. The summed E-state index contributed by atoms with van der Waals surface area (Å²) in [5.74, 6) is -1.16. The summed E-state index contributed by atoms with van der Waals surface area (Å²) in [7, 11) is 0. The third kappa shape index (κ3) is 4.12. The molecule has 9 heteroatoms. The number of Topliss-reactive ketones (excluding diaryl/α,β-unsaturated/α-hetero) is 1. The van der Waals surface area contributed by atoms with Crippen LogP contribution in [0.2, 0.25) is 0 Å². The zero-order chi connectivity index (χ0) is 15.5. The Hall–Kier alpha value is -1.77. The summed E-state index contributed by atoms with van der Waals surface area (Å²) in [6.07, 6.45) is -5.32. The van der Waals surface area contributed by atoms with Crippen LogP contribution in [0, 0.1) is 0 Å². The van der Waals surface area contributed by atoms with Crippen molar-refractivity contribution in [2.45, 2.75) is 25.9 Å². The second kappa shape index (κ2) is 6.12. The lowest BCUT2D eigenvalue weighted by Gasteiger charge is -2.08. The van der Waals surface area contributed by atoms with Gasteiger partial charge in [-0.15, -0.1) is 11.3 Å². The minimum Gasteiger partial charge on any atom is -0.397 e. The van der Waals surface area contributed by atoms with E-state index in [0.717, 1.165) is 11.3 Å². The molecule has 1 amide bonds. The first kappa shape index (κ1) is 16.3. The van der Waals surface area contributed by atoms with E-state index < -0.39 is 18.5 Å². The van der Waals surface area contributed by atoms with Crippen LogP contribution >= 0.6 is 11.3 Å². The Morgan fingerprint density at radius 2 is 1.95 bits per heavy atom. The van der Waals surface area contributed by atoms with Crippen LogP contribution < -0.4 is 16.8 Å². The van der Waals surface area contributed by atoms with Crippen molar-refractivity contribution in [3.05, 3.63) is 10.4 Å². The average Bonchev–Trinajstić information content (AvgIpc) is 2.60. The van der Waals surface area contributed by atoms with Crippen molar-refractivity contribution in [2.75, 3.05) is 17.6 Å². The molecular formula is C11H14F3N3O2S. The van der Waals surface area contributed by atoms with Gasteiger partial charge in [0.1, 0.15) is 5.00 Å². The van der Waals surface area contributed by atoms with E-state index in [1.54, 1.807) is 0 Å². The fraction of sp³-hybridized carbons (Fsp3) is 0.455. The molecule has 0 aliphatic carbocycles. The van der Waals surface area contributed by atoms with E-state index in [2.05, 4.69) is 5.32 Å². The van der Waals surface area contributed by atoms with Crippen molar-refractivity contribution in [3.8, 4) is 0 Å². The lowest BCUT2D eigenvalue weighted by Crippen LogP contribution is -2.16. The maximum absolute atomic E-state index is 12.0. The number of rotatable bonds is 6. The highest BCUT2D eigenvalue weighted by Crippen LogP contribution is 2.35. The van der Waals surface area contributed by atoms with Gasteiger partial charge in [-0.1, -0.05) is 0 Å². The van der Waals surface area contributed by atoms with Crippen molar-refractivity contribution in [1.82, 2.24) is 0 Å². The summed E-state index contributed by atoms with van der Waals surface area (Å²) in [5, 5.41) is 2.89. The predicted molar refractivity (Wildman–Crippen MR) is 71.0 cm³/mol. The molecule has 5 N–H and O–H groups in total. The van der Waals surface area contributed by atoms with Gasteiger partial charge >= 0.3 is 6.18 Å². The zero-order valence-electron chi connectivity index (χ0n) is 10.6. The van der Waals surface area contributed by atoms with Crippen molar-refractivity contribution < 1.29 is 22.8 Å². The van der Waals surface area contributed by atoms with Gasteiger partial charge in [0.25, 0.3) is 5.91 Å². The van der Waals surface area contributed by atoms with Gasteiger partial charge in [-0.2, -0.15) is 13.2 Å². The molecular weight excluding hydrogens is 295 g/mol. The van der Waals surface area contributed by atoms with Gasteiger partial charge < -0.3 is 16.8 Å². The normalized spacial score (nSPS) is 11.4. The van der Waals surface area contributed by atoms with E-state index in [1.807, 2.05) is 0 Å². The molecule has 0 saturated heterocycles. The fourth-order valence-electron chi connectivity index (χ4n) is 1.57. The lowest BCUT2D eigenvalue weighted by molar-refractivity contribution is -0.134. The SMILES string of the molecule is CC(=O)c1sc(NCCCC(F)(F)F)c(C(N)=O)c1N. The topological polar surface area (TPSA) is 98.2 Å². The number of ketones is 1. The van der Waals surface area contributed by atoms with Crippen LogP contribution in [0.1, 0.15) is 39.8 Å². The summed E-state index contributed by atoms with van der Waals surface area (Å²) in [4.78, 5) is 22.8. The molecule has 1 rings (SSSR count). The average molecular weight is 309 g/mol. The van der Waals surface area contributed by atoms with Crippen LogP contribution in [0.3, 0.4) is 0 Å². The molecule has 0 aliphatic rings. The van der Waals surface area contributed by atoms with Gasteiger partial charge in [-0.3, -0.25) is 9.59 Å². The van der Waals surface area contributed by atoms with E-state index in [4.69, 9.17) is 11.5 Å². The molecule has 112 valence electrons. The van der Waals surface area contributed by atoms with E-state index in [0.29, 0.717) is 0 Å². The lowest BCUT2D eigenvalue weighted by atomic mass is 10.2. The summed E-state index contributed by atoms with van der Waals surface area (Å²) < 4.78 is 36.0. The molecule has 20 heavy (non-hydrogen) atoms. The second-order valence-corrected chi connectivity index (χ2v) is 5.14. The first-order chi connectivity index (χ1) is 9.13.